The molecule has 218 valence electrons. The van der Waals surface area contributed by atoms with Crippen LogP contribution >= 0.6 is 0 Å². The summed E-state index contributed by atoms with van der Waals surface area (Å²) < 4.78 is 13.2. The monoisotopic (exact) mass is 591 g/mol. The summed E-state index contributed by atoms with van der Waals surface area (Å²) in [5, 5.41) is 6.59. The lowest BCUT2D eigenvalue weighted by Crippen LogP contribution is -2.16. The summed E-state index contributed by atoms with van der Waals surface area (Å²) in [5.41, 5.74) is 12.0. The van der Waals surface area contributed by atoms with Gasteiger partial charge in [-0.2, -0.15) is 0 Å². The Labute approximate surface area is 265 Å². The van der Waals surface area contributed by atoms with Gasteiger partial charge in [-0.3, -0.25) is 0 Å². The van der Waals surface area contributed by atoms with Crippen LogP contribution in [0.25, 0.3) is 65.8 Å². The fraction of sp³-hybridized carbons (Fsp3) is 0.0698. The van der Waals surface area contributed by atoms with E-state index in [0.717, 1.165) is 66.3 Å². The van der Waals surface area contributed by atoms with Crippen LogP contribution in [0.5, 0.6) is 0 Å². The standard InChI is InChI=1S/C43H29NO2/c1-43(2)36-15-9-8-14-31(36)32-20-17-28(24-37(32)43)44(27-11-4-3-5-12-27)29-18-21-35-39(25-29)45-38-23-22-34-33-19-16-26-10-6-7-13-30(26)41(33)46-42(34)40(35)38/h3-25H,1-2H3. The molecule has 1 aliphatic carbocycles. The van der Waals surface area contributed by atoms with Crippen LogP contribution in [0.2, 0.25) is 0 Å². The summed E-state index contributed by atoms with van der Waals surface area (Å²) in [7, 11) is 0. The molecule has 0 fully saturated rings. The molecule has 1 aliphatic rings. The lowest BCUT2D eigenvalue weighted by atomic mass is 9.82. The first-order valence-corrected chi connectivity index (χ1v) is 15.9. The van der Waals surface area contributed by atoms with Gasteiger partial charge in [0.25, 0.3) is 0 Å². The van der Waals surface area contributed by atoms with E-state index in [1.54, 1.807) is 0 Å². The first-order chi connectivity index (χ1) is 22.6. The van der Waals surface area contributed by atoms with Gasteiger partial charge in [0.15, 0.2) is 0 Å². The molecule has 7 aromatic carbocycles. The molecule has 0 N–H and O–H groups in total. The molecule has 0 radical (unpaired) electrons. The van der Waals surface area contributed by atoms with Crippen LogP contribution in [0.1, 0.15) is 25.0 Å². The smallest absolute Gasteiger partial charge is 0.147 e. The maximum atomic E-state index is 6.68. The Balaban J connectivity index is 1.17. The van der Waals surface area contributed by atoms with E-state index < -0.39 is 0 Å². The molecule has 0 saturated heterocycles. The summed E-state index contributed by atoms with van der Waals surface area (Å²) in [6, 6.07) is 49.8. The predicted octanol–water partition coefficient (Wildman–Crippen LogP) is 12.4. The highest BCUT2D eigenvalue weighted by Crippen LogP contribution is 2.51. The Kier molecular flexibility index (Phi) is 5.06. The number of para-hydroxylation sites is 1. The summed E-state index contributed by atoms with van der Waals surface area (Å²) in [6.45, 7) is 4.66. The third kappa shape index (κ3) is 3.43. The molecule has 0 atom stereocenters. The van der Waals surface area contributed by atoms with Gasteiger partial charge >= 0.3 is 0 Å². The topological polar surface area (TPSA) is 29.5 Å². The quantitative estimate of drug-likeness (QED) is 0.205. The number of benzene rings is 7. The zero-order chi connectivity index (χ0) is 30.6. The minimum atomic E-state index is -0.0870. The zero-order valence-electron chi connectivity index (χ0n) is 25.5. The Hall–Kier alpha value is -5.80. The van der Waals surface area contributed by atoms with Gasteiger partial charge in [-0.25, -0.2) is 0 Å². The third-order valence-corrected chi connectivity index (χ3v) is 10.0. The average Bonchev–Trinajstić information content (AvgIpc) is 3.73. The van der Waals surface area contributed by atoms with Gasteiger partial charge in [-0.05, 0) is 82.2 Å². The number of rotatable bonds is 3. The number of anilines is 3. The summed E-state index contributed by atoms with van der Waals surface area (Å²) >= 11 is 0. The fourth-order valence-corrected chi connectivity index (χ4v) is 7.81. The van der Waals surface area contributed by atoms with Crippen molar-refractivity contribution in [1.29, 1.82) is 0 Å². The highest BCUT2D eigenvalue weighted by atomic mass is 16.3. The fourth-order valence-electron chi connectivity index (χ4n) is 7.81. The van der Waals surface area contributed by atoms with Crippen LogP contribution in [0.3, 0.4) is 0 Å². The number of furan rings is 2. The van der Waals surface area contributed by atoms with Gasteiger partial charge in [-0.15, -0.1) is 0 Å². The van der Waals surface area contributed by atoms with E-state index in [1.807, 2.05) is 0 Å². The molecule has 3 heteroatoms. The van der Waals surface area contributed by atoms with E-state index in [2.05, 4.69) is 158 Å². The van der Waals surface area contributed by atoms with Crippen molar-refractivity contribution in [3.63, 3.8) is 0 Å². The van der Waals surface area contributed by atoms with E-state index in [1.165, 1.54) is 27.6 Å². The molecule has 10 rings (SSSR count). The first-order valence-electron chi connectivity index (χ1n) is 15.9. The molecule has 46 heavy (non-hydrogen) atoms. The van der Waals surface area contributed by atoms with Crippen LogP contribution in [0.15, 0.2) is 148 Å². The minimum Gasteiger partial charge on any atom is -0.456 e. The Bertz CT molecular complexity index is 2670. The molecule has 0 saturated carbocycles. The number of hydrogen-bond acceptors (Lipinski definition) is 3. The van der Waals surface area contributed by atoms with E-state index >= 15 is 0 Å². The maximum absolute atomic E-state index is 6.68. The van der Waals surface area contributed by atoms with E-state index in [-0.39, 0.29) is 5.41 Å². The van der Waals surface area contributed by atoms with Crippen molar-refractivity contribution in [1.82, 2.24) is 0 Å². The first kappa shape index (κ1) is 25.5. The van der Waals surface area contributed by atoms with Gasteiger partial charge in [-0.1, -0.05) is 92.7 Å². The minimum absolute atomic E-state index is 0.0870. The average molecular weight is 592 g/mol. The Morgan fingerprint density at radius 2 is 1.15 bits per heavy atom. The molecule has 0 spiro atoms. The number of fused-ring (bicyclic) bond motifs is 12. The van der Waals surface area contributed by atoms with Gasteiger partial charge in [0, 0.05) is 50.1 Å². The van der Waals surface area contributed by atoms with Crippen molar-refractivity contribution in [3.05, 3.63) is 151 Å². The second kappa shape index (κ2) is 9.12. The van der Waals surface area contributed by atoms with Crippen molar-refractivity contribution >= 4 is 71.7 Å². The molecule has 0 bridgehead atoms. The lowest BCUT2D eigenvalue weighted by Gasteiger charge is -2.28. The van der Waals surface area contributed by atoms with Crippen molar-refractivity contribution in [3.8, 4) is 11.1 Å². The normalized spacial score (nSPS) is 13.6. The Morgan fingerprint density at radius 1 is 0.457 bits per heavy atom. The lowest BCUT2D eigenvalue weighted by molar-refractivity contribution is 0.660. The van der Waals surface area contributed by atoms with Crippen molar-refractivity contribution in [2.45, 2.75) is 19.3 Å². The van der Waals surface area contributed by atoms with Crippen molar-refractivity contribution < 1.29 is 8.83 Å². The molecule has 2 aromatic heterocycles. The van der Waals surface area contributed by atoms with Crippen molar-refractivity contribution in [2.24, 2.45) is 0 Å². The van der Waals surface area contributed by atoms with Crippen LogP contribution in [-0.4, -0.2) is 0 Å². The van der Waals surface area contributed by atoms with Gasteiger partial charge in [0.05, 0.1) is 5.39 Å². The van der Waals surface area contributed by atoms with Crippen molar-refractivity contribution in [2.75, 3.05) is 4.90 Å². The van der Waals surface area contributed by atoms with Gasteiger partial charge < -0.3 is 13.7 Å². The zero-order valence-corrected chi connectivity index (χ0v) is 25.5. The van der Waals surface area contributed by atoms with Gasteiger partial charge in [0.2, 0.25) is 0 Å². The van der Waals surface area contributed by atoms with Crippen LogP contribution in [0, 0.1) is 0 Å². The maximum Gasteiger partial charge on any atom is 0.147 e. The van der Waals surface area contributed by atoms with E-state index in [4.69, 9.17) is 8.83 Å². The highest BCUT2D eigenvalue weighted by molar-refractivity contribution is 6.24. The molecular weight excluding hydrogens is 562 g/mol. The van der Waals surface area contributed by atoms with E-state index in [0.29, 0.717) is 0 Å². The molecule has 9 aromatic rings. The molecule has 0 unspecified atom stereocenters. The Morgan fingerprint density at radius 3 is 2.07 bits per heavy atom. The second-order valence-electron chi connectivity index (χ2n) is 12.9. The van der Waals surface area contributed by atoms with Crippen LogP contribution in [0.4, 0.5) is 17.1 Å². The molecule has 3 nitrogen and oxygen atoms in total. The summed E-state index contributed by atoms with van der Waals surface area (Å²) in [4.78, 5) is 2.33. The molecular formula is C43H29NO2. The number of hydrogen-bond donors (Lipinski definition) is 0. The van der Waals surface area contributed by atoms with Crippen LogP contribution in [-0.2, 0) is 5.41 Å². The summed E-state index contributed by atoms with van der Waals surface area (Å²) in [5.74, 6) is 0. The molecule has 0 aliphatic heterocycles. The number of nitrogens with zero attached hydrogens (tertiary/aromatic N) is 1. The van der Waals surface area contributed by atoms with Gasteiger partial charge in [0.1, 0.15) is 22.3 Å². The molecule has 2 heterocycles. The summed E-state index contributed by atoms with van der Waals surface area (Å²) in [6.07, 6.45) is 0. The third-order valence-electron chi connectivity index (χ3n) is 10.0. The largest absolute Gasteiger partial charge is 0.456 e. The predicted molar refractivity (Wildman–Crippen MR) is 191 cm³/mol. The highest BCUT2D eigenvalue weighted by Gasteiger charge is 2.35. The molecule has 0 amide bonds. The van der Waals surface area contributed by atoms with E-state index in [9.17, 15) is 0 Å². The SMILES string of the molecule is CC1(C)c2ccccc2-c2ccc(N(c3ccccc3)c3ccc4c(c3)oc3ccc5c6ccc7ccccc7c6oc5c34)cc21. The van der Waals surface area contributed by atoms with Crippen LogP contribution < -0.4 is 4.90 Å². The second-order valence-corrected chi connectivity index (χ2v) is 12.9.